The third kappa shape index (κ3) is 4.24. The van der Waals surface area contributed by atoms with Crippen LogP contribution in [-0.4, -0.2) is 43.2 Å². The van der Waals surface area contributed by atoms with Gasteiger partial charge in [0.25, 0.3) is 5.69 Å². The number of amides is 1. The van der Waals surface area contributed by atoms with Crippen molar-refractivity contribution in [3.63, 3.8) is 0 Å². The first-order valence-corrected chi connectivity index (χ1v) is 12.4. The largest absolute Gasteiger partial charge is 0.312 e. The number of carbonyl (C=O) groups is 1. The van der Waals surface area contributed by atoms with E-state index in [9.17, 15) is 23.3 Å². The van der Waals surface area contributed by atoms with Gasteiger partial charge in [0, 0.05) is 37.3 Å². The molecule has 0 radical (unpaired) electrons. The van der Waals surface area contributed by atoms with Gasteiger partial charge < -0.3 is 4.90 Å². The van der Waals surface area contributed by atoms with Gasteiger partial charge in [-0.05, 0) is 56.4 Å². The zero-order chi connectivity index (χ0) is 23.0. The maximum atomic E-state index is 13.3. The van der Waals surface area contributed by atoms with Gasteiger partial charge in [-0.1, -0.05) is 29.3 Å². The molecule has 1 saturated heterocycles. The highest BCUT2D eigenvalue weighted by Gasteiger charge is 2.35. The first-order valence-electron chi connectivity index (χ1n) is 10.5. The lowest BCUT2D eigenvalue weighted by atomic mass is 9.93. The summed E-state index contributed by atoms with van der Waals surface area (Å²) >= 11 is 5.81. The number of sulfonamides is 1. The van der Waals surface area contributed by atoms with Gasteiger partial charge in [0.15, 0.2) is 0 Å². The molecule has 2 aliphatic rings. The summed E-state index contributed by atoms with van der Waals surface area (Å²) in [6.45, 7) is 3.07. The standard InChI is InChI=1S/C22H24ClN3O5S/c1-15-4-7-20-17(13-15)3-2-10-25(20)22(27)16-8-11-24(12-9-16)32(30,31)18-5-6-19(23)21(14-18)26(28)29/h4-7,13-14,16H,2-3,8-12H2,1H3. The van der Waals surface area contributed by atoms with Crippen molar-refractivity contribution in [1.82, 2.24) is 4.31 Å². The SMILES string of the molecule is Cc1ccc2c(c1)CCCN2C(=O)C1CCN(S(=O)(=O)c2ccc(Cl)c([N+](=O)[O-])c2)CC1. The summed E-state index contributed by atoms with van der Waals surface area (Å²) < 4.78 is 27.3. The summed E-state index contributed by atoms with van der Waals surface area (Å²) in [4.78, 5) is 25.3. The molecule has 10 heteroatoms. The van der Waals surface area contributed by atoms with Crippen molar-refractivity contribution >= 4 is 38.9 Å². The zero-order valence-electron chi connectivity index (χ0n) is 17.7. The lowest BCUT2D eigenvalue weighted by molar-refractivity contribution is -0.384. The quantitative estimate of drug-likeness (QED) is 0.490. The second kappa shape index (κ2) is 8.80. The van der Waals surface area contributed by atoms with Crippen molar-refractivity contribution in [3.05, 3.63) is 62.7 Å². The van der Waals surface area contributed by atoms with E-state index in [1.165, 1.54) is 27.6 Å². The summed E-state index contributed by atoms with van der Waals surface area (Å²) in [5.41, 5.74) is 2.85. The monoisotopic (exact) mass is 477 g/mol. The minimum atomic E-state index is -3.92. The summed E-state index contributed by atoms with van der Waals surface area (Å²) in [5, 5.41) is 11.0. The Labute approximate surface area is 192 Å². The third-order valence-corrected chi connectivity index (χ3v) is 8.39. The van der Waals surface area contributed by atoms with Gasteiger partial charge in [-0.3, -0.25) is 14.9 Å². The molecule has 0 N–H and O–H groups in total. The number of nitrogens with zero attached hydrogens (tertiary/aromatic N) is 3. The van der Waals surface area contributed by atoms with E-state index in [2.05, 4.69) is 6.07 Å². The Morgan fingerprint density at radius 2 is 1.84 bits per heavy atom. The first kappa shape index (κ1) is 22.7. The first-order chi connectivity index (χ1) is 15.2. The second-order valence-corrected chi connectivity index (χ2v) is 10.6. The minimum Gasteiger partial charge on any atom is -0.312 e. The molecule has 0 aliphatic carbocycles. The Bertz CT molecular complexity index is 1180. The number of hydrogen-bond donors (Lipinski definition) is 0. The van der Waals surface area contributed by atoms with Crippen LogP contribution in [0.4, 0.5) is 11.4 Å². The summed E-state index contributed by atoms with van der Waals surface area (Å²) in [6, 6.07) is 9.60. The number of piperidine rings is 1. The number of anilines is 1. The molecule has 0 unspecified atom stereocenters. The van der Waals surface area contributed by atoms with Crippen LogP contribution in [0.25, 0.3) is 0 Å². The van der Waals surface area contributed by atoms with Crippen LogP contribution in [0.3, 0.4) is 0 Å². The highest BCUT2D eigenvalue weighted by molar-refractivity contribution is 7.89. The van der Waals surface area contributed by atoms with Gasteiger partial charge in [-0.2, -0.15) is 4.31 Å². The molecule has 0 aromatic heterocycles. The number of hydrogen-bond acceptors (Lipinski definition) is 5. The Morgan fingerprint density at radius 3 is 2.53 bits per heavy atom. The average Bonchev–Trinajstić information content (AvgIpc) is 2.78. The molecule has 0 bridgehead atoms. The molecule has 2 aromatic carbocycles. The molecular formula is C22H24ClN3O5S. The number of benzene rings is 2. The topological polar surface area (TPSA) is 101 Å². The number of rotatable bonds is 4. The normalized spacial score (nSPS) is 17.8. The molecule has 4 rings (SSSR count). The zero-order valence-corrected chi connectivity index (χ0v) is 19.2. The molecule has 0 saturated carbocycles. The fraction of sp³-hybridized carbons (Fsp3) is 0.409. The number of aryl methyl sites for hydroxylation is 2. The lowest BCUT2D eigenvalue weighted by Gasteiger charge is -2.36. The van der Waals surface area contributed by atoms with Crippen LogP contribution < -0.4 is 4.90 Å². The van der Waals surface area contributed by atoms with Crippen molar-refractivity contribution in [3.8, 4) is 0 Å². The summed E-state index contributed by atoms with van der Waals surface area (Å²) in [7, 11) is -3.92. The fourth-order valence-corrected chi connectivity index (χ4v) is 6.14. The van der Waals surface area contributed by atoms with E-state index >= 15 is 0 Å². The number of carbonyl (C=O) groups excluding carboxylic acids is 1. The Kier molecular flexibility index (Phi) is 6.24. The number of fused-ring (bicyclic) bond motifs is 1. The molecule has 0 atom stereocenters. The van der Waals surface area contributed by atoms with Crippen molar-refractivity contribution < 1.29 is 18.1 Å². The van der Waals surface area contributed by atoms with E-state index in [0.29, 0.717) is 19.4 Å². The molecule has 2 heterocycles. The van der Waals surface area contributed by atoms with Gasteiger partial charge in [0.2, 0.25) is 15.9 Å². The van der Waals surface area contributed by atoms with Crippen molar-refractivity contribution in [2.75, 3.05) is 24.5 Å². The van der Waals surface area contributed by atoms with Crippen molar-refractivity contribution in [2.45, 2.75) is 37.5 Å². The Morgan fingerprint density at radius 1 is 1.12 bits per heavy atom. The Hall–Kier alpha value is -2.49. The predicted octanol–water partition coefficient (Wildman–Crippen LogP) is 3.94. The van der Waals surface area contributed by atoms with Crippen LogP contribution in [-0.2, 0) is 21.2 Å². The van der Waals surface area contributed by atoms with E-state index in [-0.39, 0.29) is 34.8 Å². The van der Waals surface area contributed by atoms with Gasteiger partial charge in [0.05, 0.1) is 9.82 Å². The maximum absolute atomic E-state index is 13.3. The van der Waals surface area contributed by atoms with Crippen LogP contribution in [0.15, 0.2) is 41.3 Å². The van der Waals surface area contributed by atoms with E-state index in [1.54, 1.807) is 0 Å². The molecule has 32 heavy (non-hydrogen) atoms. The van der Waals surface area contributed by atoms with Crippen LogP contribution in [0.5, 0.6) is 0 Å². The maximum Gasteiger partial charge on any atom is 0.289 e. The van der Waals surface area contributed by atoms with Gasteiger partial charge >= 0.3 is 0 Å². The predicted molar refractivity (Wildman–Crippen MR) is 121 cm³/mol. The summed E-state index contributed by atoms with van der Waals surface area (Å²) in [6.07, 6.45) is 2.67. The molecule has 8 nitrogen and oxygen atoms in total. The Balaban J connectivity index is 1.47. The van der Waals surface area contributed by atoms with Gasteiger partial charge in [-0.25, -0.2) is 8.42 Å². The molecule has 170 valence electrons. The average molecular weight is 478 g/mol. The number of nitro groups is 1. The van der Waals surface area contributed by atoms with Crippen LogP contribution >= 0.6 is 11.6 Å². The van der Waals surface area contributed by atoms with Crippen molar-refractivity contribution in [1.29, 1.82) is 0 Å². The lowest BCUT2D eigenvalue weighted by Crippen LogP contribution is -2.45. The van der Waals surface area contributed by atoms with Crippen LogP contribution in [0.1, 0.15) is 30.4 Å². The van der Waals surface area contributed by atoms with E-state index < -0.39 is 20.6 Å². The molecule has 2 aromatic rings. The smallest absolute Gasteiger partial charge is 0.289 e. The van der Waals surface area contributed by atoms with E-state index in [4.69, 9.17) is 11.6 Å². The van der Waals surface area contributed by atoms with Crippen LogP contribution in [0.2, 0.25) is 5.02 Å². The van der Waals surface area contributed by atoms with E-state index in [1.807, 2.05) is 24.0 Å². The van der Waals surface area contributed by atoms with Crippen molar-refractivity contribution in [2.24, 2.45) is 5.92 Å². The van der Waals surface area contributed by atoms with Gasteiger partial charge in [0.1, 0.15) is 5.02 Å². The van der Waals surface area contributed by atoms with Crippen LogP contribution in [0, 0.1) is 23.0 Å². The van der Waals surface area contributed by atoms with E-state index in [0.717, 1.165) is 24.6 Å². The van der Waals surface area contributed by atoms with Gasteiger partial charge in [-0.15, -0.1) is 0 Å². The second-order valence-electron chi connectivity index (χ2n) is 8.27. The highest BCUT2D eigenvalue weighted by atomic mass is 35.5. The molecule has 0 spiro atoms. The third-order valence-electron chi connectivity index (χ3n) is 6.17. The molecule has 1 amide bonds. The summed E-state index contributed by atoms with van der Waals surface area (Å²) in [5.74, 6) is -0.220. The molecule has 1 fully saturated rings. The number of nitro benzene ring substituents is 1. The molecule has 2 aliphatic heterocycles. The number of halogens is 1. The highest BCUT2D eigenvalue weighted by Crippen LogP contribution is 2.33. The molecular weight excluding hydrogens is 454 g/mol. The fourth-order valence-electron chi connectivity index (χ4n) is 4.46. The minimum absolute atomic E-state index is 0.0361.